The van der Waals surface area contributed by atoms with Gasteiger partial charge in [0.05, 0.1) is 6.61 Å². The lowest BCUT2D eigenvalue weighted by Gasteiger charge is -2.31. The molecule has 1 aliphatic rings. The minimum absolute atomic E-state index is 0.414. The van der Waals surface area contributed by atoms with E-state index in [1.54, 1.807) is 0 Å². The van der Waals surface area contributed by atoms with E-state index in [1.807, 2.05) is 24.3 Å². The maximum absolute atomic E-state index is 5.79. The van der Waals surface area contributed by atoms with Crippen LogP contribution in [-0.2, 0) is 0 Å². The Morgan fingerprint density at radius 1 is 1.52 bits per heavy atom. The van der Waals surface area contributed by atoms with Crippen LogP contribution in [0.15, 0.2) is 24.3 Å². The molecule has 1 aliphatic heterocycles. The molecule has 0 spiro atoms. The van der Waals surface area contributed by atoms with Crippen molar-refractivity contribution in [3.8, 4) is 5.75 Å². The van der Waals surface area contributed by atoms with Gasteiger partial charge in [-0.05, 0) is 25.0 Å². The summed E-state index contributed by atoms with van der Waals surface area (Å²) in [4.78, 5) is 2.97. The molecule has 1 fully saturated rings. The molecule has 5 heteroatoms. The lowest BCUT2D eigenvalue weighted by Crippen LogP contribution is -2.38. The van der Waals surface area contributed by atoms with Crippen LogP contribution in [0.1, 0.15) is 25.3 Å². The summed E-state index contributed by atoms with van der Waals surface area (Å²) < 4.78 is 5.79. The van der Waals surface area contributed by atoms with Crippen molar-refractivity contribution in [1.82, 2.24) is 4.90 Å². The number of nitrogens with zero attached hydrogens (tertiary/aromatic N) is 1. The van der Waals surface area contributed by atoms with E-state index < -0.39 is 0 Å². The first-order valence-electron chi connectivity index (χ1n) is 7.55. The highest BCUT2D eigenvalue weighted by molar-refractivity contribution is 8.00. The zero-order valence-electron chi connectivity index (χ0n) is 12.6. The Morgan fingerprint density at radius 2 is 2.38 bits per heavy atom. The van der Waals surface area contributed by atoms with Crippen molar-refractivity contribution in [1.29, 1.82) is 0 Å². The average molecular weight is 325 g/mol. The molecule has 0 saturated carbocycles. The van der Waals surface area contributed by atoms with Crippen LogP contribution in [0, 0.1) is 0 Å². The van der Waals surface area contributed by atoms with Crippen molar-refractivity contribution >= 4 is 29.0 Å². The number of hydrogen-bond donors (Lipinski definition) is 1. The monoisotopic (exact) mass is 324 g/mol. The van der Waals surface area contributed by atoms with E-state index in [2.05, 4.69) is 23.6 Å². The van der Waals surface area contributed by atoms with E-state index in [9.17, 15) is 0 Å². The van der Waals surface area contributed by atoms with Crippen LogP contribution in [0.5, 0.6) is 5.75 Å². The number of benzene rings is 1. The second-order valence-electron chi connectivity index (χ2n) is 5.30. The summed E-state index contributed by atoms with van der Waals surface area (Å²) >= 11 is 7.09. The second-order valence-corrected chi connectivity index (χ2v) is 7.14. The number of ether oxygens (including phenoxy) is 1. The highest BCUT2D eigenvalue weighted by Crippen LogP contribution is 2.21. The van der Waals surface area contributed by atoms with Crippen molar-refractivity contribution < 1.29 is 4.74 Å². The Hall–Kier alpha value is -0.780. The lowest BCUT2D eigenvalue weighted by atomic mass is 10.2. The predicted octanol–water partition coefficient (Wildman–Crippen LogP) is 2.92. The largest absolute Gasteiger partial charge is 0.494 e. The van der Waals surface area contributed by atoms with Crippen molar-refractivity contribution in [2.24, 2.45) is 5.73 Å². The van der Waals surface area contributed by atoms with Gasteiger partial charge in [0.1, 0.15) is 10.7 Å². The first-order chi connectivity index (χ1) is 10.2. The van der Waals surface area contributed by atoms with E-state index in [0.29, 0.717) is 4.99 Å². The van der Waals surface area contributed by atoms with Gasteiger partial charge in [-0.25, -0.2) is 0 Å². The molecule has 1 aromatic rings. The van der Waals surface area contributed by atoms with Gasteiger partial charge in [0, 0.05) is 36.2 Å². The fourth-order valence-corrected chi connectivity index (χ4v) is 3.82. The lowest BCUT2D eigenvalue weighted by molar-refractivity contribution is 0.238. The molecule has 116 valence electrons. The van der Waals surface area contributed by atoms with E-state index in [1.165, 1.54) is 25.3 Å². The summed E-state index contributed by atoms with van der Waals surface area (Å²) in [5, 5.41) is 0.807. The molecule has 2 rings (SSSR count). The van der Waals surface area contributed by atoms with Crippen LogP contribution in [-0.4, -0.2) is 47.1 Å². The molecule has 2 N–H and O–H groups in total. The summed E-state index contributed by atoms with van der Waals surface area (Å²) in [5.74, 6) is 2.11. The number of thiocarbonyl (C=S) groups is 1. The van der Waals surface area contributed by atoms with Crippen molar-refractivity contribution in [2.75, 3.05) is 32.0 Å². The Balaban J connectivity index is 1.70. The predicted molar refractivity (Wildman–Crippen MR) is 95.4 cm³/mol. The van der Waals surface area contributed by atoms with Crippen LogP contribution in [0.3, 0.4) is 0 Å². The third kappa shape index (κ3) is 5.49. The Bertz CT molecular complexity index is 467. The average Bonchev–Trinajstić information content (AvgIpc) is 2.52. The summed E-state index contributed by atoms with van der Waals surface area (Å²) in [6, 6.07) is 7.70. The molecule has 1 saturated heterocycles. The number of thioether (sulfide) groups is 1. The molecule has 0 aromatic heterocycles. The first-order valence-corrected chi connectivity index (χ1v) is 9.01. The van der Waals surface area contributed by atoms with Gasteiger partial charge in [-0.3, -0.25) is 0 Å². The molecule has 1 atom stereocenters. The maximum Gasteiger partial charge on any atom is 0.119 e. The number of hydrogen-bond acceptors (Lipinski definition) is 4. The molecule has 1 aromatic carbocycles. The van der Waals surface area contributed by atoms with Crippen molar-refractivity contribution in [3.05, 3.63) is 29.8 Å². The molecule has 21 heavy (non-hydrogen) atoms. The zero-order chi connectivity index (χ0) is 15.1. The van der Waals surface area contributed by atoms with E-state index in [-0.39, 0.29) is 0 Å². The topological polar surface area (TPSA) is 38.5 Å². The molecular weight excluding hydrogens is 300 g/mol. The highest BCUT2D eigenvalue weighted by Gasteiger charge is 2.18. The second kappa shape index (κ2) is 8.61. The number of rotatable bonds is 7. The van der Waals surface area contributed by atoms with Gasteiger partial charge in [-0.15, -0.1) is 0 Å². The van der Waals surface area contributed by atoms with Gasteiger partial charge in [-0.2, -0.15) is 11.8 Å². The smallest absolute Gasteiger partial charge is 0.119 e. The van der Waals surface area contributed by atoms with Crippen LogP contribution < -0.4 is 10.5 Å². The van der Waals surface area contributed by atoms with Gasteiger partial charge in [0.2, 0.25) is 0 Å². The van der Waals surface area contributed by atoms with Gasteiger partial charge in [-0.1, -0.05) is 31.3 Å². The maximum atomic E-state index is 5.79. The summed E-state index contributed by atoms with van der Waals surface area (Å²) in [6.45, 7) is 6.56. The molecular formula is C16H24N2OS2. The number of nitrogens with two attached hydrogens (primary N) is 1. The molecule has 0 radical (unpaired) electrons. The van der Waals surface area contributed by atoms with E-state index in [0.717, 1.165) is 36.1 Å². The molecule has 0 amide bonds. The Labute approximate surface area is 137 Å². The van der Waals surface area contributed by atoms with Crippen LogP contribution in [0.4, 0.5) is 0 Å². The van der Waals surface area contributed by atoms with Crippen LogP contribution in [0.2, 0.25) is 0 Å². The zero-order valence-corrected chi connectivity index (χ0v) is 14.2. The van der Waals surface area contributed by atoms with Crippen LogP contribution >= 0.6 is 24.0 Å². The summed E-state index contributed by atoms with van der Waals surface area (Å²) in [6.07, 6.45) is 2.32. The first kappa shape index (κ1) is 16.6. The molecule has 3 nitrogen and oxygen atoms in total. The van der Waals surface area contributed by atoms with Gasteiger partial charge in [0.25, 0.3) is 0 Å². The summed E-state index contributed by atoms with van der Waals surface area (Å²) in [7, 11) is 0. The SMILES string of the molecule is CCC1CN(CCCOc2cccc(C(N)=S)c2)CCS1. The molecule has 0 aliphatic carbocycles. The third-order valence-corrected chi connectivity index (χ3v) is 5.29. The quantitative estimate of drug-likeness (QED) is 0.617. The fourth-order valence-electron chi connectivity index (χ4n) is 2.45. The van der Waals surface area contributed by atoms with Gasteiger partial charge >= 0.3 is 0 Å². The minimum Gasteiger partial charge on any atom is -0.494 e. The fraction of sp³-hybridized carbons (Fsp3) is 0.562. The third-order valence-electron chi connectivity index (χ3n) is 3.68. The molecule has 0 bridgehead atoms. The van der Waals surface area contributed by atoms with Gasteiger partial charge < -0.3 is 15.4 Å². The van der Waals surface area contributed by atoms with Crippen molar-refractivity contribution in [2.45, 2.75) is 25.0 Å². The van der Waals surface area contributed by atoms with E-state index in [4.69, 9.17) is 22.7 Å². The minimum atomic E-state index is 0.414. The highest BCUT2D eigenvalue weighted by atomic mass is 32.2. The van der Waals surface area contributed by atoms with Crippen molar-refractivity contribution in [3.63, 3.8) is 0 Å². The van der Waals surface area contributed by atoms with Gasteiger partial charge in [0.15, 0.2) is 0 Å². The Kier molecular flexibility index (Phi) is 6.80. The standard InChI is InChI=1S/C16H24N2OS2/c1-2-15-12-18(8-10-21-15)7-4-9-19-14-6-3-5-13(11-14)16(17)20/h3,5-6,11,15H,2,4,7-10,12H2,1H3,(H2,17,20). The normalized spacial score (nSPS) is 19.4. The Morgan fingerprint density at radius 3 is 3.14 bits per heavy atom. The van der Waals surface area contributed by atoms with Crippen LogP contribution in [0.25, 0.3) is 0 Å². The summed E-state index contributed by atoms with van der Waals surface area (Å²) in [5.41, 5.74) is 6.49. The molecule has 1 unspecified atom stereocenters. The molecule has 1 heterocycles. The van der Waals surface area contributed by atoms with E-state index >= 15 is 0 Å².